The van der Waals surface area contributed by atoms with Crippen LogP contribution in [-0.4, -0.2) is 39.6 Å². The smallest absolute Gasteiger partial charge is 0.339 e. The summed E-state index contributed by atoms with van der Waals surface area (Å²) in [7, 11) is 0. The zero-order chi connectivity index (χ0) is 14.8. The van der Waals surface area contributed by atoms with Crippen LogP contribution in [0, 0.1) is 0 Å². The van der Waals surface area contributed by atoms with Crippen molar-refractivity contribution in [3.05, 3.63) is 24.4 Å². The molecule has 0 bridgehead atoms. The van der Waals surface area contributed by atoms with E-state index in [-0.39, 0.29) is 6.61 Å². The van der Waals surface area contributed by atoms with E-state index in [1.54, 1.807) is 39.1 Å². The van der Waals surface area contributed by atoms with E-state index in [2.05, 4.69) is 10.2 Å². The summed E-state index contributed by atoms with van der Waals surface area (Å²) in [4.78, 5) is 11.6. The number of carbonyl (C=O) groups excluding carboxylic acids is 1. The largest absolute Gasteiger partial charge is 0.490 e. The third-order valence-electron chi connectivity index (χ3n) is 2.50. The van der Waals surface area contributed by atoms with Crippen LogP contribution in [0.15, 0.2) is 24.4 Å². The molecule has 0 spiro atoms. The first-order valence-electron chi connectivity index (χ1n) is 6.32. The minimum absolute atomic E-state index is 0.154. The van der Waals surface area contributed by atoms with Gasteiger partial charge in [-0.15, -0.1) is 0 Å². The van der Waals surface area contributed by atoms with Gasteiger partial charge in [0.1, 0.15) is 18.0 Å². The minimum atomic E-state index is -1.31. The molecule has 6 nitrogen and oxygen atoms in total. The molecule has 6 heteroatoms. The van der Waals surface area contributed by atoms with Crippen molar-refractivity contribution in [3.63, 3.8) is 0 Å². The standard InChI is InChI=1S/C14H18N2O4/c1-14(2,3)20-13(18)12(17)8-19-10-4-5-11-9(6-10)7-15-16-11/h4-7,12,17H,8H2,1-3H3,(H,15,16)/t12-/m1/s1. The maximum absolute atomic E-state index is 11.6. The summed E-state index contributed by atoms with van der Waals surface area (Å²) in [6.07, 6.45) is 0.362. The van der Waals surface area contributed by atoms with E-state index in [4.69, 9.17) is 9.47 Å². The lowest BCUT2D eigenvalue weighted by Crippen LogP contribution is -2.35. The number of aliphatic hydroxyl groups is 1. The lowest BCUT2D eigenvalue weighted by atomic mass is 10.2. The van der Waals surface area contributed by atoms with Crippen LogP contribution in [-0.2, 0) is 9.53 Å². The monoisotopic (exact) mass is 278 g/mol. The molecule has 2 N–H and O–H groups in total. The van der Waals surface area contributed by atoms with Crippen molar-refractivity contribution in [2.75, 3.05) is 6.61 Å². The number of rotatable bonds is 4. The van der Waals surface area contributed by atoms with Gasteiger partial charge >= 0.3 is 5.97 Å². The number of aliphatic hydroxyl groups excluding tert-OH is 1. The number of H-pyrrole nitrogens is 1. The molecule has 0 unspecified atom stereocenters. The van der Waals surface area contributed by atoms with Crippen LogP contribution < -0.4 is 4.74 Å². The summed E-state index contributed by atoms with van der Waals surface area (Å²) in [6.45, 7) is 5.07. The predicted octanol–water partition coefficient (Wildman–Crippen LogP) is 1.64. The fraction of sp³-hybridized carbons (Fsp3) is 0.429. The Hall–Kier alpha value is -2.08. The van der Waals surface area contributed by atoms with Gasteiger partial charge in [-0.2, -0.15) is 5.10 Å². The van der Waals surface area contributed by atoms with Crippen LogP contribution in [0.2, 0.25) is 0 Å². The van der Waals surface area contributed by atoms with Gasteiger partial charge in [0.05, 0.1) is 11.7 Å². The number of hydrogen-bond donors (Lipinski definition) is 2. The maximum Gasteiger partial charge on any atom is 0.339 e. The first-order valence-corrected chi connectivity index (χ1v) is 6.32. The Morgan fingerprint density at radius 2 is 2.20 bits per heavy atom. The van der Waals surface area contributed by atoms with Gasteiger partial charge in [-0.05, 0) is 39.0 Å². The summed E-state index contributed by atoms with van der Waals surface area (Å²) in [5.74, 6) is -0.136. The van der Waals surface area contributed by atoms with Gasteiger partial charge in [-0.1, -0.05) is 0 Å². The van der Waals surface area contributed by atoms with Crippen molar-refractivity contribution in [2.24, 2.45) is 0 Å². The zero-order valence-electron chi connectivity index (χ0n) is 11.7. The van der Waals surface area contributed by atoms with E-state index in [9.17, 15) is 9.90 Å². The van der Waals surface area contributed by atoms with Gasteiger partial charge in [0, 0.05) is 5.39 Å². The summed E-state index contributed by atoms with van der Waals surface area (Å²) in [6, 6.07) is 5.33. The molecule has 1 atom stereocenters. The molecule has 0 aliphatic rings. The van der Waals surface area contributed by atoms with Gasteiger partial charge in [0.25, 0.3) is 0 Å². The molecule has 0 amide bonds. The number of fused-ring (bicyclic) bond motifs is 1. The SMILES string of the molecule is CC(C)(C)OC(=O)[C@H](O)COc1ccc2[nH]ncc2c1. The Kier molecular flexibility index (Phi) is 3.94. The summed E-state index contributed by atoms with van der Waals surface area (Å²) in [5.41, 5.74) is 0.262. The van der Waals surface area contributed by atoms with Gasteiger partial charge in [-0.25, -0.2) is 4.79 Å². The average Bonchev–Trinajstić information content (AvgIpc) is 2.81. The molecule has 1 aromatic carbocycles. The second-order valence-corrected chi connectivity index (χ2v) is 5.48. The van der Waals surface area contributed by atoms with E-state index in [1.165, 1.54) is 0 Å². The van der Waals surface area contributed by atoms with Gasteiger partial charge < -0.3 is 14.6 Å². The number of nitrogens with one attached hydrogen (secondary N) is 1. The molecule has 2 rings (SSSR count). The Morgan fingerprint density at radius 1 is 1.45 bits per heavy atom. The van der Waals surface area contributed by atoms with Crippen LogP contribution in [0.5, 0.6) is 5.75 Å². The predicted molar refractivity (Wildman–Crippen MR) is 73.4 cm³/mol. The first-order chi connectivity index (χ1) is 9.35. The van der Waals surface area contributed by atoms with E-state index in [0.29, 0.717) is 5.75 Å². The van der Waals surface area contributed by atoms with Crippen molar-refractivity contribution in [1.29, 1.82) is 0 Å². The lowest BCUT2D eigenvalue weighted by Gasteiger charge is -2.21. The van der Waals surface area contributed by atoms with E-state index in [0.717, 1.165) is 10.9 Å². The molecule has 0 saturated carbocycles. The molecule has 20 heavy (non-hydrogen) atoms. The molecule has 0 saturated heterocycles. The third-order valence-corrected chi connectivity index (χ3v) is 2.50. The highest BCUT2D eigenvalue weighted by Crippen LogP contribution is 2.19. The van der Waals surface area contributed by atoms with Crippen molar-refractivity contribution in [2.45, 2.75) is 32.5 Å². The van der Waals surface area contributed by atoms with Crippen molar-refractivity contribution in [1.82, 2.24) is 10.2 Å². The number of aromatic amines is 1. The minimum Gasteiger partial charge on any atom is -0.490 e. The fourth-order valence-corrected chi connectivity index (χ4v) is 1.62. The van der Waals surface area contributed by atoms with E-state index < -0.39 is 17.7 Å². The second kappa shape index (κ2) is 5.50. The maximum atomic E-state index is 11.6. The summed E-state index contributed by atoms with van der Waals surface area (Å²) in [5, 5.41) is 17.3. The molecule has 1 heterocycles. The quantitative estimate of drug-likeness (QED) is 0.831. The summed E-state index contributed by atoms with van der Waals surface area (Å²) < 4.78 is 10.5. The van der Waals surface area contributed by atoms with Gasteiger partial charge in [0.2, 0.25) is 0 Å². The molecule has 1 aromatic heterocycles. The Morgan fingerprint density at radius 3 is 2.90 bits per heavy atom. The number of benzene rings is 1. The highest BCUT2D eigenvalue weighted by atomic mass is 16.6. The second-order valence-electron chi connectivity index (χ2n) is 5.48. The normalized spacial score (nSPS) is 13.2. The topological polar surface area (TPSA) is 84.4 Å². The molecule has 0 radical (unpaired) electrons. The van der Waals surface area contributed by atoms with Crippen LogP contribution in [0.25, 0.3) is 10.9 Å². The third kappa shape index (κ3) is 3.71. The van der Waals surface area contributed by atoms with E-state index in [1.807, 2.05) is 6.07 Å². The molecule has 0 fully saturated rings. The van der Waals surface area contributed by atoms with Crippen molar-refractivity contribution in [3.8, 4) is 5.75 Å². The zero-order valence-corrected chi connectivity index (χ0v) is 11.7. The first kappa shape index (κ1) is 14.3. The number of ether oxygens (including phenoxy) is 2. The number of hydrogen-bond acceptors (Lipinski definition) is 5. The lowest BCUT2D eigenvalue weighted by molar-refractivity contribution is -0.166. The van der Waals surface area contributed by atoms with Crippen LogP contribution in [0.3, 0.4) is 0 Å². The Bertz CT molecular complexity index is 600. The van der Waals surface area contributed by atoms with Crippen LogP contribution in [0.1, 0.15) is 20.8 Å². The molecule has 108 valence electrons. The average molecular weight is 278 g/mol. The number of aromatic nitrogens is 2. The van der Waals surface area contributed by atoms with E-state index >= 15 is 0 Å². The van der Waals surface area contributed by atoms with Gasteiger partial charge in [0.15, 0.2) is 6.10 Å². The Balaban J connectivity index is 1.92. The summed E-state index contributed by atoms with van der Waals surface area (Å²) >= 11 is 0. The number of carbonyl (C=O) groups is 1. The molecular weight excluding hydrogens is 260 g/mol. The van der Waals surface area contributed by atoms with Crippen LogP contribution in [0.4, 0.5) is 0 Å². The van der Waals surface area contributed by atoms with Crippen LogP contribution >= 0.6 is 0 Å². The highest BCUT2D eigenvalue weighted by Gasteiger charge is 2.23. The van der Waals surface area contributed by atoms with Crippen molar-refractivity contribution < 1.29 is 19.4 Å². The number of nitrogens with zero attached hydrogens (tertiary/aromatic N) is 1. The molecular formula is C14H18N2O4. The van der Waals surface area contributed by atoms with Gasteiger partial charge in [-0.3, -0.25) is 5.10 Å². The molecule has 0 aliphatic carbocycles. The Labute approximate surface area is 116 Å². The molecule has 0 aliphatic heterocycles. The molecule has 2 aromatic rings. The highest BCUT2D eigenvalue weighted by molar-refractivity contribution is 5.79. The number of esters is 1. The van der Waals surface area contributed by atoms with Crippen molar-refractivity contribution >= 4 is 16.9 Å². The fourth-order valence-electron chi connectivity index (χ4n) is 1.62.